The molecule has 0 unspecified atom stereocenters. The van der Waals surface area contributed by atoms with Gasteiger partial charge in [0.05, 0.1) is 5.02 Å². The monoisotopic (exact) mass is 306 g/mol. The van der Waals surface area contributed by atoms with Crippen LogP contribution in [0.4, 0.5) is 15.8 Å². The summed E-state index contributed by atoms with van der Waals surface area (Å²) in [5.74, 6) is -0.404. The predicted molar refractivity (Wildman–Crippen MR) is 88.7 cm³/mol. The molecule has 0 aliphatic carbocycles. The number of anilines is 2. The Morgan fingerprint density at radius 1 is 1.05 bits per heavy atom. The molecular formula is C17H20ClFN2. The van der Waals surface area contributed by atoms with Gasteiger partial charge in [-0.1, -0.05) is 23.7 Å². The molecule has 2 aromatic carbocycles. The second-order valence-electron chi connectivity index (χ2n) is 4.82. The van der Waals surface area contributed by atoms with Crippen molar-refractivity contribution < 1.29 is 4.39 Å². The Balaban J connectivity index is 1.98. The predicted octanol–water partition coefficient (Wildman–Crippen LogP) is 4.94. The fraction of sp³-hybridized carbons (Fsp3) is 0.294. The Morgan fingerprint density at radius 3 is 2.29 bits per heavy atom. The van der Waals surface area contributed by atoms with Crippen LogP contribution in [-0.4, -0.2) is 13.1 Å². The van der Waals surface area contributed by atoms with Crippen molar-refractivity contribution in [3.8, 4) is 0 Å². The molecule has 0 aliphatic rings. The molecule has 0 radical (unpaired) electrons. The van der Waals surface area contributed by atoms with Crippen molar-refractivity contribution >= 4 is 23.0 Å². The van der Waals surface area contributed by atoms with Crippen molar-refractivity contribution in [3.63, 3.8) is 0 Å². The molecule has 0 spiro atoms. The average Bonchev–Trinajstić information content (AvgIpc) is 2.51. The van der Waals surface area contributed by atoms with Crippen LogP contribution in [-0.2, 0) is 6.54 Å². The number of hydrogen-bond donors (Lipinski definition) is 1. The highest BCUT2D eigenvalue weighted by atomic mass is 35.5. The Hall–Kier alpha value is -1.74. The van der Waals surface area contributed by atoms with E-state index in [0.29, 0.717) is 6.54 Å². The molecular weight excluding hydrogens is 287 g/mol. The number of nitrogens with one attached hydrogen (secondary N) is 1. The lowest BCUT2D eigenvalue weighted by Crippen LogP contribution is -2.21. The quantitative estimate of drug-likeness (QED) is 0.813. The second-order valence-corrected chi connectivity index (χ2v) is 5.23. The lowest BCUT2D eigenvalue weighted by molar-refractivity contribution is 0.628. The van der Waals surface area contributed by atoms with E-state index in [1.807, 2.05) is 0 Å². The molecule has 0 fully saturated rings. The minimum Gasteiger partial charge on any atom is -0.381 e. The molecule has 0 atom stereocenters. The van der Waals surface area contributed by atoms with Gasteiger partial charge in [0.25, 0.3) is 0 Å². The van der Waals surface area contributed by atoms with Gasteiger partial charge in [-0.15, -0.1) is 0 Å². The van der Waals surface area contributed by atoms with Crippen molar-refractivity contribution in [1.82, 2.24) is 0 Å². The van der Waals surface area contributed by atoms with Crippen LogP contribution in [0.5, 0.6) is 0 Å². The Labute approximate surface area is 130 Å². The zero-order chi connectivity index (χ0) is 15.2. The van der Waals surface area contributed by atoms with Crippen molar-refractivity contribution in [2.45, 2.75) is 20.4 Å². The molecule has 4 heteroatoms. The maximum Gasteiger partial charge on any atom is 0.143 e. The standard InChI is InChI=1S/C17H20ClFN2/c1-3-21(4-2)15-8-5-13(6-9-15)12-20-14-7-10-16(18)17(19)11-14/h5-11,20H,3-4,12H2,1-2H3. The third kappa shape index (κ3) is 4.11. The van der Waals surface area contributed by atoms with E-state index in [-0.39, 0.29) is 5.02 Å². The zero-order valence-corrected chi connectivity index (χ0v) is 13.1. The van der Waals surface area contributed by atoms with E-state index in [1.54, 1.807) is 12.1 Å². The van der Waals surface area contributed by atoms with Gasteiger partial charge >= 0.3 is 0 Å². The summed E-state index contributed by atoms with van der Waals surface area (Å²) in [6.07, 6.45) is 0. The van der Waals surface area contributed by atoms with Crippen molar-refractivity contribution in [2.75, 3.05) is 23.3 Å². The molecule has 1 N–H and O–H groups in total. The number of benzene rings is 2. The first-order chi connectivity index (χ1) is 10.1. The number of rotatable bonds is 6. The summed E-state index contributed by atoms with van der Waals surface area (Å²) in [6.45, 7) is 6.94. The van der Waals surface area contributed by atoms with Gasteiger partial charge in [0.1, 0.15) is 5.82 Å². The third-order valence-corrected chi connectivity index (χ3v) is 3.79. The first kappa shape index (κ1) is 15.6. The topological polar surface area (TPSA) is 15.3 Å². The van der Waals surface area contributed by atoms with Crippen LogP contribution in [0.2, 0.25) is 5.02 Å². The van der Waals surface area contributed by atoms with Gasteiger partial charge in [-0.25, -0.2) is 4.39 Å². The first-order valence-corrected chi connectivity index (χ1v) is 7.54. The zero-order valence-electron chi connectivity index (χ0n) is 12.4. The summed E-state index contributed by atoms with van der Waals surface area (Å²) < 4.78 is 13.3. The summed E-state index contributed by atoms with van der Waals surface area (Å²) in [5, 5.41) is 3.34. The van der Waals surface area contributed by atoms with Gasteiger partial charge in [-0.2, -0.15) is 0 Å². The lowest BCUT2D eigenvalue weighted by Gasteiger charge is -2.21. The number of nitrogens with zero attached hydrogens (tertiary/aromatic N) is 1. The Bertz CT molecular complexity index is 580. The van der Waals surface area contributed by atoms with E-state index in [2.05, 4.69) is 48.3 Å². The van der Waals surface area contributed by atoms with Crippen LogP contribution in [0, 0.1) is 5.82 Å². The van der Waals surface area contributed by atoms with Crippen LogP contribution >= 0.6 is 11.6 Å². The smallest absolute Gasteiger partial charge is 0.143 e. The van der Waals surface area contributed by atoms with Crippen molar-refractivity contribution in [1.29, 1.82) is 0 Å². The van der Waals surface area contributed by atoms with Crippen LogP contribution in [0.15, 0.2) is 42.5 Å². The molecule has 0 amide bonds. The first-order valence-electron chi connectivity index (χ1n) is 7.16. The molecule has 2 aromatic rings. The Morgan fingerprint density at radius 2 is 1.71 bits per heavy atom. The van der Waals surface area contributed by atoms with Crippen molar-refractivity contribution in [3.05, 3.63) is 58.9 Å². The summed E-state index contributed by atoms with van der Waals surface area (Å²) in [5.41, 5.74) is 3.10. The van der Waals surface area contributed by atoms with Gasteiger partial charge in [0.2, 0.25) is 0 Å². The fourth-order valence-electron chi connectivity index (χ4n) is 2.22. The molecule has 0 aliphatic heterocycles. The SMILES string of the molecule is CCN(CC)c1ccc(CNc2ccc(Cl)c(F)c2)cc1. The average molecular weight is 307 g/mol. The van der Waals surface area contributed by atoms with E-state index in [1.165, 1.54) is 11.8 Å². The van der Waals surface area contributed by atoms with Crippen LogP contribution in [0.3, 0.4) is 0 Å². The molecule has 0 aromatic heterocycles. The summed E-state index contributed by atoms with van der Waals surface area (Å²) in [7, 11) is 0. The highest BCUT2D eigenvalue weighted by Crippen LogP contribution is 2.20. The summed E-state index contributed by atoms with van der Waals surface area (Å²) >= 11 is 5.66. The molecule has 112 valence electrons. The molecule has 0 saturated heterocycles. The maximum atomic E-state index is 13.3. The molecule has 0 heterocycles. The Kier molecular flexibility index (Phi) is 5.45. The van der Waals surface area contributed by atoms with E-state index in [4.69, 9.17) is 11.6 Å². The molecule has 2 rings (SSSR count). The van der Waals surface area contributed by atoms with Gasteiger partial charge in [-0.3, -0.25) is 0 Å². The lowest BCUT2D eigenvalue weighted by atomic mass is 10.2. The number of halogens is 2. The minimum absolute atomic E-state index is 0.143. The van der Waals surface area contributed by atoms with Crippen molar-refractivity contribution in [2.24, 2.45) is 0 Å². The summed E-state index contributed by atoms with van der Waals surface area (Å²) in [6, 6.07) is 13.2. The van der Waals surface area contributed by atoms with E-state index < -0.39 is 5.82 Å². The molecule has 0 bridgehead atoms. The molecule has 2 nitrogen and oxygen atoms in total. The molecule has 0 saturated carbocycles. The van der Waals surface area contributed by atoms with E-state index in [9.17, 15) is 4.39 Å². The van der Waals surface area contributed by atoms with Gasteiger partial charge in [-0.05, 0) is 49.7 Å². The largest absolute Gasteiger partial charge is 0.381 e. The van der Waals surface area contributed by atoms with Gasteiger partial charge in [0.15, 0.2) is 0 Å². The van der Waals surface area contributed by atoms with E-state index >= 15 is 0 Å². The van der Waals surface area contributed by atoms with Gasteiger partial charge < -0.3 is 10.2 Å². The third-order valence-electron chi connectivity index (χ3n) is 3.48. The van der Waals surface area contributed by atoms with Crippen LogP contribution in [0.1, 0.15) is 19.4 Å². The van der Waals surface area contributed by atoms with E-state index in [0.717, 1.165) is 24.3 Å². The highest BCUT2D eigenvalue weighted by Gasteiger charge is 2.03. The fourth-order valence-corrected chi connectivity index (χ4v) is 2.34. The van der Waals surface area contributed by atoms with Gasteiger partial charge in [0, 0.05) is 31.0 Å². The highest BCUT2D eigenvalue weighted by molar-refractivity contribution is 6.30. The minimum atomic E-state index is -0.404. The molecule has 21 heavy (non-hydrogen) atoms. The maximum absolute atomic E-state index is 13.3. The number of hydrogen-bond acceptors (Lipinski definition) is 2. The van der Waals surface area contributed by atoms with Crippen LogP contribution < -0.4 is 10.2 Å². The summed E-state index contributed by atoms with van der Waals surface area (Å²) in [4.78, 5) is 2.30. The second kappa shape index (κ2) is 7.32. The van der Waals surface area contributed by atoms with Crippen LogP contribution in [0.25, 0.3) is 0 Å². The normalized spacial score (nSPS) is 10.5.